The highest BCUT2D eigenvalue weighted by molar-refractivity contribution is 5.99. The summed E-state index contributed by atoms with van der Waals surface area (Å²) in [5, 5.41) is 16.7. The van der Waals surface area contributed by atoms with Crippen LogP contribution in [0.15, 0.2) is 40.0 Å². The van der Waals surface area contributed by atoms with Crippen LogP contribution in [0.3, 0.4) is 0 Å². The van der Waals surface area contributed by atoms with E-state index < -0.39 is 29.7 Å². The Hall–Kier alpha value is -4.23. The van der Waals surface area contributed by atoms with Gasteiger partial charge in [-0.15, -0.1) is 0 Å². The number of piperidine rings is 1. The third kappa shape index (κ3) is 5.31. The molecule has 13 heteroatoms. The van der Waals surface area contributed by atoms with E-state index in [2.05, 4.69) is 24.9 Å². The molecule has 2 unspecified atom stereocenters. The largest absolute Gasteiger partial charge is 0.508 e. The van der Waals surface area contributed by atoms with Crippen LogP contribution in [-0.4, -0.2) is 92.8 Å². The maximum atomic E-state index is 17.2. The number of aromatic nitrogens is 3. The van der Waals surface area contributed by atoms with E-state index in [1.165, 1.54) is 12.1 Å². The van der Waals surface area contributed by atoms with Crippen molar-refractivity contribution in [3.8, 4) is 17.0 Å². The van der Waals surface area contributed by atoms with Crippen LogP contribution in [0.1, 0.15) is 55.8 Å². The van der Waals surface area contributed by atoms with Gasteiger partial charge in [-0.1, -0.05) is 11.2 Å². The van der Waals surface area contributed by atoms with E-state index in [4.69, 9.17) is 14.3 Å². The van der Waals surface area contributed by atoms with E-state index in [1.807, 2.05) is 11.9 Å². The molecule has 0 saturated carbocycles. The molecule has 3 saturated heterocycles. The van der Waals surface area contributed by atoms with Gasteiger partial charge in [0.25, 0.3) is 0 Å². The molecule has 10 nitrogen and oxygen atoms in total. The number of phenolic OH excluding ortho intramolecular Hbond substituents is 1. The first kappa shape index (κ1) is 31.7. The summed E-state index contributed by atoms with van der Waals surface area (Å²) in [5.41, 5.74) is 0.247. The van der Waals surface area contributed by atoms with Crippen molar-refractivity contribution in [2.75, 3.05) is 39.8 Å². The van der Waals surface area contributed by atoms with Crippen molar-refractivity contribution in [2.24, 2.45) is 10.9 Å². The number of nitrogens with zero attached hydrogens (tertiary/aromatic N) is 7. The number of hydrogen-bond donors (Lipinski definition) is 1. The summed E-state index contributed by atoms with van der Waals surface area (Å²) in [7, 11) is 1.90. The smallest absolute Gasteiger partial charge is 0.229 e. The number of ether oxygens (including phenoxy) is 1. The van der Waals surface area contributed by atoms with Crippen LogP contribution in [0.4, 0.5) is 13.2 Å². The third-order valence-corrected chi connectivity index (χ3v) is 11.4. The minimum absolute atomic E-state index is 0.0290. The van der Waals surface area contributed by atoms with Crippen LogP contribution >= 0.6 is 0 Å². The summed E-state index contributed by atoms with van der Waals surface area (Å²) >= 11 is 0. The first-order chi connectivity index (χ1) is 24.3. The van der Waals surface area contributed by atoms with Gasteiger partial charge in [0.1, 0.15) is 34.6 Å². The lowest BCUT2D eigenvalue weighted by Crippen LogP contribution is -2.54. The predicted octanol–water partition coefficient (Wildman–Crippen LogP) is 4.22. The van der Waals surface area contributed by atoms with Crippen molar-refractivity contribution >= 4 is 16.6 Å². The van der Waals surface area contributed by atoms with Gasteiger partial charge in [-0.05, 0) is 85.5 Å². The van der Waals surface area contributed by atoms with Gasteiger partial charge in [0.15, 0.2) is 11.6 Å². The quantitative estimate of drug-likeness (QED) is 0.339. The Morgan fingerprint density at radius 1 is 1.10 bits per heavy atom. The highest BCUT2D eigenvalue weighted by Gasteiger charge is 2.49. The molecular formula is C37H40F3N7O3. The highest BCUT2D eigenvalue weighted by Crippen LogP contribution is 2.41. The van der Waals surface area contributed by atoms with E-state index in [9.17, 15) is 9.50 Å². The van der Waals surface area contributed by atoms with Crippen LogP contribution in [-0.2, 0) is 24.0 Å². The summed E-state index contributed by atoms with van der Waals surface area (Å²) in [6, 6.07) is 5.95. The molecule has 6 aliphatic heterocycles. The minimum atomic E-state index is -0.901. The SMILES string of the molecule is CN1C2=c3cnc(c(F)c3=NC1OC[C@@]13CCCN1C[C@H](F)C3)-c1cc(O)cc3ccc(F)c(c13)CCCc1nc(no1)CC1CCCN2C1. The Balaban J connectivity index is 1.22. The van der Waals surface area contributed by atoms with Crippen molar-refractivity contribution < 1.29 is 27.5 Å². The summed E-state index contributed by atoms with van der Waals surface area (Å²) in [6.45, 7) is 2.94. The Morgan fingerprint density at radius 2 is 2.00 bits per heavy atom. The van der Waals surface area contributed by atoms with Crippen molar-refractivity contribution in [2.45, 2.75) is 75.8 Å². The Labute approximate surface area is 287 Å². The van der Waals surface area contributed by atoms with Crippen molar-refractivity contribution in [1.82, 2.24) is 29.8 Å². The average molecular weight is 688 g/mol. The number of halogens is 3. The molecule has 2 aromatic carbocycles. The van der Waals surface area contributed by atoms with Gasteiger partial charge in [-0.2, -0.15) is 4.98 Å². The molecule has 50 heavy (non-hydrogen) atoms. The van der Waals surface area contributed by atoms with Gasteiger partial charge in [-0.3, -0.25) is 9.88 Å². The third-order valence-electron chi connectivity index (χ3n) is 11.4. The Bertz CT molecular complexity index is 2110. The number of aryl methyl sites for hydroxylation is 2. The lowest BCUT2D eigenvalue weighted by Gasteiger charge is -2.42. The monoisotopic (exact) mass is 687 g/mol. The number of benzene rings is 2. The topological polar surface area (TPSA) is 103 Å². The molecule has 0 amide bonds. The zero-order valence-corrected chi connectivity index (χ0v) is 28.0. The van der Waals surface area contributed by atoms with Crippen LogP contribution in [0.5, 0.6) is 5.75 Å². The molecular weight excluding hydrogens is 647 g/mol. The number of fused-ring (bicyclic) bond motifs is 4. The summed E-state index contributed by atoms with van der Waals surface area (Å²) in [6.07, 6.45) is 5.93. The number of rotatable bonds is 3. The molecule has 4 atom stereocenters. The molecule has 1 N–H and O–H groups in total. The predicted molar refractivity (Wildman–Crippen MR) is 178 cm³/mol. The van der Waals surface area contributed by atoms with Crippen molar-refractivity contribution in [1.29, 1.82) is 0 Å². The van der Waals surface area contributed by atoms with Gasteiger partial charge in [0.05, 0.1) is 11.8 Å². The standard InChI is InChI=1S/C37H40F3N7O3/c1-45-35-27-17-41-33(32(40)34(27)43-36(45)49-20-37-10-4-12-47(37)19-23(38)16-37)26-15-24(48)14-22-8-9-28(39)25(31(22)26)6-2-7-30-42-29(44-50-30)13-21-5-3-11-46(35)18-21/h8-9,14-15,17,21,23,36,48H,2-7,10-13,16,18-20H2,1H3/t21?,23-,36?,37+/m1/s1. The maximum Gasteiger partial charge on any atom is 0.229 e. The van der Waals surface area contributed by atoms with Crippen LogP contribution < -0.4 is 10.6 Å². The van der Waals surface area contributed by atoms with Crippen molar-refractivity contribution in [3.63, 3.8) is 0 Å². The Morgan fingerprint density at radius 3 is 2.90 bits per heavy atom. The Kier molecular flexibility index (Phi) is 7.76. The highest BCUT2D eigenvalue weighted by atomic mass is 19.1. The van der Waals surface area contributed by atoms with Crippen LogP contribution in [0, 0.1) is 17.6 Å². The summed E-state index contributed by atoms with van der Waals surface area (Å²) in [4.78, 5) is 20.6. The lowest BCUT2D eigenvalue weighted by molar-refractivity contribution is -0.0677. The number of pyridine rings is 1. The van der Waals surface area contributed by atoms with E-state index in [0.717, 1.165) is 44.6 Å². The van der Waals surface area contributed by atoms with E-state index >= 15 is 8.78 Å². The molecule has 8 heterocycles. The van der Waals surface area contributed by atoms with Gasteiger partial charge >= 0.3 is 0 Å². The van der Waals surface area contributed by atoms with Gasteiger partial charge in [0.2, 0.25) is 12.2 Å². The molecule has 10 rings (SSSR count). The summed E-state index contributed by atoms with van der Waals surface area (Å²) < 4.78 is 59.7. The molecule has 262 valence electrons. The van der Waals surface area contributed by atoms with Crippen LogP contribution in [0.25, 0.3) is 27.9 Å². The minimum Gasteiger partial charge on any atom is -0.508 e. The lowest BCUT2D eigenvalue weighted by atomic mass is 9.93. The average Bonchev–Trinajstić information content (AvgIpc) is 3.78. The van der Waals surface area contributed by atoms with E-state index in [0.29, 0.717) is 78.5 Å². The number of phenols is 1. The fourth-order valence-electron chi connectivity index (χ4n) is 9.17. The second-order valence-electron chi connectivity index (χ2n) is 14.7. The van der Waals surface area contributed by atoms with Gasteiger partial charge < -0.3 is 24.2 Å². The van der Waals surface area contributed by atoms with E-state index in [1.54, 1.807) is 18.3 Å². The fourth-order valence-corrected chi connectivity index (χ4v) is 9.17. The van der Waals surface area contributed by atoms with Gasteiger partial charge in [0, 0.05) is 63.2 Å². The molecule has 0 spiro atoms. The molecule has 4 aromatic rings. The van der Waals surface area contributed by atoms with Gasteiger partial charge in [-0.25, -0.2) is 18.2 Å². The first-order valence-corrected chi connectivity index (χ1v) is 17.8. The zero-order valence-electron chi connectivity index (χ0n) is 28.0. The first-order valence-electron chi connectivity index (χ1n) is 17.8. The molecule has 2 aromatic heterocycles. The van der Waals surface area contributed by atoms with Crippen LogP contribution in [0.2, 0.25) is 0 Å². The molecule has 0 radical (unpaired) electrons. The molecule has 8 bridgehead atoms. The number of aromatic hydroxyl groups is 1. The zero-order chi connectivity index (χ0) is 34.1. The maximum absolute atomic E-state index is 17.2. The summed E-state index contributed by atoms with van der Waals surface area (Å²) in [5.74, 6) is 0.935. The number of hydrogen-bond acceptors (Lipinski definition) is 10. The normalized spacial score (nSPS) is 26.6. The molecule has 6 aliphatic rings. The number of alkyl halides is 1. The van der Waals surface area contributed by atoms with E-state index in [-0.39, 0.29) is 34.9 Å². The second kappa shape index (κ2) is 12.2. The molecule has 0 aliphatic carbocycles. The molecule has 3 fully saturated rings. The fraction of sp³-hybridized carbons (Fsp3) is 0.514. The second-order valence-corrected chi connectivity index (χ2v) is 14.7. The van der Waals surface area contributed by atoms with Crippen molar-refractivity contribution in [3.05, 3.63) is 70.0 Å².